The number of hydrogen-bond acceptors (Lipinski definition) is 3. The van der Waals surface area contributed by atoms with Gasteiger partial charge in [0.15, 0.2) is 0 Å². The molecule has 0 aliphatic rings. The van der Waals surface area contributed by atoms with Crippen LogP contribution in [0.15, 0.2) is 35.5 Å². The molecular weight excluding hydrogens is 278 g/mol. The molecule has 1 heterocycles. The number of nitrogens with zero attached hydrogens (tertiary/aromatic N) is 1. The van der Waals surface area contributed by atoms with Crippen molar-refractivity contribution in [3.05, 3.63) is 52.8 Å². The predicted molar refractivity (Wildman–Crippen MR) is 69.6 cm³/mol. The molecule has 2 rings (SSSR count). The summed E-state index contributed by atoms with van der Waals surface area (Å²) in [6, 6.07) is 3.90. The van der Waals surface area contributed by atoms with Crippen LogP contribution in [0.4, 0.5) is 14.5 Å². The molecule has 0 aliphatic carbocycles. The summed E-state index contributed by atoms with van der Waals surface area (Å²) in [7, 11) is 0. The van der Waals surface area contributed by atoms with Gasteiger partial charge in [-0.15, -0.1) is 11.8 Å². The minimum absolute atomic E-state index is 0.0583. The number of rotatable bonds is 3. The molecule has 6 heteroatoms. The Bertz CT molecular complexity index is 555. The first-order valence-electron chi connectivity index (χ1n) is 5.03. The summed E-state index contributed by atoms with van der Waals surface area (Å²) in [5.74, 6) is -0.968. The number of pyridine rings is 1. The van der Waals surface area contributed by atoms with Gasteiger partial charge in [-0.05, 0) is 23.8 Å². The maximum atomic E-state index is 13.5. The zero-order valence-electron chi connectivity index (χ0n) is 9.16. The Morgan fingerprint density at radius 2 is 1.94 bits per heavy atom. The Morgan fingerprint density at radius 3 is 2.56 bits per heavy atom. The van der Waals surface area contributed by atoms with Crippen LogP contribution < -0.4 is 5.73 Å². The van der Waals surface area contributed by atoms with Gasteiger partial charge in [-0.3, -0.25) is 4.98 Å². The molecule has 0 radical (unpaired) electrons. The molecule has 94 valence electrons. The van der Waals surface area contributed by atoms with E-state index < -0.39 is 11.6 Å². The van der Waals surface area contributed by atoms with Crippen molar-refractivity contribution in [1.82, 2.24) is 4.98 Å². The van der Waals surface area contributed by atoms with Crippen LogP contribution in [0.3, 0.4) is 0 Å². The van der Waals surface area contributed by atoms with Crippen molar-refractivity contribution in [2.45, 2.75) is 10.6 Å². The topological polar surface area (TPSA) is 38.9 Å². The summed E-state index contributed by atoms with van der Waals surface area (Å²) < 4.78 is 27.1. The molecule has 18 heavy (non-hydrogen) atoms. The SMILES string of the molecule is Nc1cc(F)c(SCc2ccncc2Cl)c(F)c1. The van der Waals surface area contributed by atoms with E-state index in [4.69, 9.17) is 17.3 Å². The molecule has 0 aliphatic heterocycles. The van der Waals surface area contributed by atoms with E-state index in [0.29, 0.717) is 10.8 Å². The second-order valence-corrected chi connectivity index (χ2v) is 4.96. The van der Waals surface area contributed by atoms with Crippen molar-refractivity contribution in [2.24, 2.45) is 0 Å². The van der Waals surface area contributed by atoms with Crippen LogP contribution in [-0.2, 0) is 5.75 Å². The number of hydrogen-bond donors (Lipinski definition) is 1. The second kappa shape index (κ2) is 5.54. The quantitative estimate of drug-likeness (QED) is 0.687. The van der Waals surface area contributed by atoms with E-state index in [9.17, 15) is 8.78 Å². The minimum atomic E-state index is -0.664. The first-order chi connectivity index (χ1) is 8.58. The third-order valence-corrected chi connectivity index (χ3v) is 3.72. The molecule has 0 atom stereocenters. The summed E-state index contributed by atoms with van der Waals surface area (Å²) in [6.45, 7) is 0. The Kier molecular flexibility index (Phi) is 4.04. The molecule has 1 aromatic carbocycles. The molecule has 1 aromatic heterocycles. The smallest absolute Gasteiger partial charge is 0.141 e. The second-order valence-electron chi connectivity index (χ2n) is 3.57. The van der Waals surface area contributed by atoms with Crippen molar-refractivity contribution in [3.8, 4) is 0 Å². The fraction of sp³-hybridized carbons (Fsp3) is 0.0833. The van der Waals surface area contributed by atoms with Gasteiger partial charge in [0.05, 0.1) is 9.92 Å². The highest BCUT2D eigenvalue weighted by molar-refractivity contribution is 7.98. The van der Waals surface area contributed by atoms with E-state index in [1.807, 2.05) is 0 Å². The lowest BCUT2D eigenvalue weighted by Crippen LogP contribution is -1.94. The number of benzene rings is 1. The highest BCUT2D eigenvalue weighted by Gasteiger charge is 2.12. The summed E-state index contributed by atoms with van der Waals surface area (Å²) in [5, 5.41) is 0.473. The summed E-state index contributed by atoms with van der Waals surface area (Å²) in [5.41, 5.74) is 6.18. The number of anilines is 1. The monoisotopic (exact) mass is 286 g/mol. The molecule has 0 bridgehead atoms. The van der Waals surface area contributed by atoms with Crippen LogP contribution >= 0.6 is 23.4 Å². The summed E-state index contributed by atoms with van der Waals surface area (Å²) in [4.78, 5) is 3.78. The van der Waals surface area contributed by atoms with Crippen molar-refractivity contribution >= 4 is 29.1 Å². The van der Waals surface area contributed by atoms with Crippen LogP contribution in [0.1, 0.15) is 5.56 Å². The normalized spacial score (nSPS) is 10.6. The molecule has 0 saturated carbocycles. The fourth-order valence-corrected chi connectivity index (χ4v) is 2.60. The van der Waals surface area contributed by atoms with Gasteiger partial charge in [0.25, 0.3) is 0 Å². The average Bonchev–Trinajstić information content (AvgIpc) is 2.30. The van der Waals surface area contributed by atoms with Gasteiger partial charge in [0, 0.05) is 23.8 Å². The van der Waals surface area contributed by atoms with E-state index >= 15 is 0 Å². The summed E-state index contributed by atoms with van der Waals surface area (Å²) in [6.07, 6.45) is 3.07. The lowest BCUT2D eigenvalue weighted by atomic mass is 10.3. The Balaban J connectivity index is 2.19. The number of thioether (sulfide) groups is 1. The third kappa shape index (κ3) is 2.91. The first kappa shape index (κ1) is 13.1. The van der Waals surface area contributed by atoms with E-state index in [2.05, 4.69) is 4.98 Å². The standard InChI is InChI=1S/C12H9ClF2N2S/c13-9-5-17-2-1-7(9)6-18-12-10(14)3-8(16)4-11(12)15/h1-5H,6,16H2. The van der Waals surface area contributed by atoms with Crippen molar-refractivity contribution < 1.29 is 8.78 Å². The third-order valence-electron chi connectivity index (χ3n) is 2.25. The Hall–Kier alpha value is -1.33. The maximum Gasteiger partial charge on any atom is 0.141 e. The van der Waals surface area contributed by atoms with Crippen LogP contribution in [0, 0.1) is 11.6 Å². The number of nitrogens with two attached hydrogens (primary N) is 1. The van der Waals surface area contributed by atoms with Crippen molar-refractivity contribution in [2.75, 3.05) is 5.73 Å². The lowest BCUT2D eigenvalue weighted by molar-refractivity contribution is 0.542. The van der Waals surface area contributed by atoms with Gasteiger partial charge in [0.2, 0.25) is 0 Å². The molecule has 0 fully saturated rings. The van der Waals surface area contributed by atoms with Crippen LogP contribution in [0.2, 0.25) is 5.02 Å². The Labute approximate surface area is 112 Å². The number of aromatic nitrogens is 1. The zero-order valence-corrected chi connectivity index (χ0v) is 10.7. The first-order valence-corrected chi connectivity index (χ1v) is 6.40. The van der Waals surface area contributed by atoms with Crippen molar-refractivity contribution in [3.63, 3.8) is 0 Å². The van der Waals surface area contributed by atoms with Gasteiger partial charge in [0.1, 0.15) is 11.6 Å². The molecule has 0 unspecified atom stereocenters. The van der Waals surface area contributed by atoms with E-state index in [-0.39, 0.29) is 10.6 Å². The highest BCUT2D eigenvalue weighted by Crippen LogP contribution is 2.31. The minimum Gasteiger partial charge on any atom is -0.399 e. The van der Waals surface area contributed by atoms with Gasteiger partial charge >= 0.3 is 0 Å². The molecule has 2 N–H and O–H groups in total. The van der Waals surface area contributed by atoms with Gasteiger partial charge in [-0.25, -0.2) is 8.78 Å². The zero-order chi connectivity index (χ0) is 13.1. The van der Waals surface area contributed by atoms with E-state index in [1.165, 1.54) is 6.20 Å². The Morgan fingerprint density at radius 1 is 1.28 bits per heavy atom. The molecular formula is C12H9ClF2N2S. The van der Waals surface area contributed by atoms with Gasteiger partial charge in [-0.2, -0.15) is 0 Å². The maximum absolute atomic E-state index is 13.5. The highest BCUT2D eigenvalue weighted by atomic mass is 35.5. The van der Waals surface area contributed by atoms with Crippen LogP contribution in [0.5, 0.6) is 0 Å². The molecule has 2 aromatic rings. The number of nitrogen functional groups attached to an aromatic ring is 1. The predicted octanol–water partition coefficient (Wildman–Crippen LogP) is 3.89. The van der Waals surface area contributed by atoms with E-state index in [0.717, 1.165) is 29.5 Å². The van der Waals surface area contributed by atoms with E-state index in [1.54, 1.807) is 12.3 Å². The number of halogens is 3. The molecule has 0 spiro atoms. The largest absolute Gasteiger partial charge is 0.399 e. The average molecular weight is 287 g/mol. The molecule has 2 nitrogen and oxygen atoms in total. The molecule has 0 saturated heterocycles. The van der Waals surface area contributed by atoms with Gasteiger partial charge in [-0.1, -0.05) is 11.6 Å². The summed E-state index contributed by atoms with van der Waals surface area (Å²) >= 11 is 6.94. The fourth-order valence-electron chi connectivity index (χ4n) is 1.39. The van der Waals surface area contributed by atoms with Crippen LogP contribution in [-0.4, -0.2) is 4.98 Å². The van der Waals surface area contributed by atoms with Crippen LogP contribution in [0.25, 0.3) is 0 Å². The lowest BCUT2D eigenvalue weighted by Gasteiger charge is -2.07. The van der Waals surface area contributed by atoms with Gasteiger partial charge < -0.3 is 5.73 Å². The van der Waals surface area contributed by atoms with Crippen molar-refractivity contribution in [1.29, 1.82) is 0 Å². The molecule has 0 amide bonds.